The molecule has 0 aliphatic carbocycles. The van der Waals surface area contributed by atoms with Crippen LogP contribution < -0.4 is 11.6 Å². The number of hydrogen-bond acceptors (Lipinski definition) is 4. The molecule has 11 heavy (non-hydrogen) atoms. The lowest BCUT2D eigenvalue weighted by atomic mass is 9.92. The van der Waals surface area contributed by atoms with Crippen LogP contribution in [0.5, 0.6) is 0 Å². The van der Waals surface area contributed by atoms with Crippen LogP contribution in [0.3, 0.4) is 0 Å². The molecule has 1 unspecified atom stereocenters. The highest BCUT2D eigenvalue weighted by Gasteiger charge is 2.30. The Morgan fingerprint density at radius 1 is 1.64 bits per heavy atom. The smallest absolute Gasteiger partial charge is 0.344 e. The molecule has 0 rings (SSSR count). The first-order valence-corrected chi connectivity index (χ1v) is 3.60. The first kappa shape index (κ1) is 10.4. The van der Waals surface area contributed by atoms with E-state index in [1.54, 1.807) is 6.92 Å². The molecule has 4 heteroatoms. The van der Waals surface area contributed by atoms with Crippen LogP contribution in [-0.4, -0.2) is 11.5 Å². The normalized spacial score (nSPS) is 16.2. The minimum absolute atomic E-state index is 0.351. The zero-order valence-electron chi connectivity index (χ0n) is 7.26. The molecule has 0 spiro atoms. The minimum Gasteiger partial charge on any atom is -0.372 e. The summed E-state index contributed by atoms with van der Waals surface area (Å²) in [5, 5.41) is 0. The quantitative estimate of drug-likeness (QED) is 0.577. The van der Waals surface area contributed by atoms with Gasteiger partial charge in [-0.2, -0.15) is 5.90 Å². The van der Waals surface area contributed by atoms with Gasteiger partial charge in [-0.15, -0.1) is 0 Å². The third kappa shape index (κ3) is 3.34. The van der Waals surface area contributed by atoms with Gasteiger partial charge in [0.25, 0.3) is 0 Å². The van der Waals surface area contributed by atoms with E-state index in [2.05, 4.69) is 4.84 Å². The molecule has 0 aromatic carbocycles. The van der Waals surface area contributed by atoms with E-state index in [1.807, 2.05) is 13.8 Å². The van der Waals surface area contributed by atoms with Gasteiger partial charge in [0, 0.05) is 0 Å². The number of hydrogen-bond donors (Lipinski definition) is 2. The van der Waals surface area contributed by atoms with Crippen LogP contribution in [-0.2, 0) is 9.63 Å². The van der Waals surface area contributed by atoms with Crippen molar-refractivity contribution in [1.82, 2.24) is 0 Å². The topological polar surface area (TPSA) is 78.3 Å². The van der Waals surface area contributed by atoms with E-state index in [0.29, 0.717) is 12.3 Å². The molecule has 4 N–H and O–H groups in total. The third-order valence-electron chi connectivity index (χ3n) is 1.41. The van der Waals surface area contributed by atoms with Crippen LogP contribution in [0.1, 0.15) is 27.2 Å². The van der Waals surface area contributed by atoms with Gasteiger partial charge >= 0.3 is 5.97 Å². The lowest BCUT2D eigenvalue weighted by Crippen LogP contribution is -2.48. The molecule has 0 aliphatic heterocycles. The van der Waals surface area contributed by atoms with Crippen molar-refractivity contribution in [3.8, 4) is 0 Å². The van der Waals surface area contributed by atoms with Crippen molar-refractivity contribution in [2.45, 2.75) is 32.7 Å². The summed E-state index contributed by atoms with van der Waals surface area (Å²) in [6.45, 7) is 5.58. The van der Waals surface area contributed by atoms with Crippen molar-refractivity contribution in [1.29, 1.82) is 0 Å². The first-order chi connectivity index (χ1) is 4.90. The summed E-state index contributed by atoms with van der Waals surface area (Å²) < 4.78 is 0. The highest BCUT2D eigenvalue weighted by Crippen LogP contribution is 2.14. The second-order valence-electron chi connectivity index (χ2n) is 3.42. The largest absolute Gasteiger partial charge is 0.372 e. The maximum Gasteiger partial charge on any atom is 0.344 e. The predicted molar refractivity (Wildman–Crippen MR) is 42.3 cm³/mol. The number of nitrogens with two attached hydrogens (primary N) is 2. The molecule has 0 aromatic rings. The average molecular weight is 160 g/mol. The van der Waals surface area contributed by atoms with E-state index in [-0.39, 0.29) is 0 Å². The molecule has 0 aliphatic rings. The molecule has 0 aromatic heterocycles. The number of carbonyl (C=O) groups is 1. The van der Waals surface area contributed by atoms with E-state index in [4.69, 9.17) is 11.6 Å². The molecule has 0 heterocycles. The Bertz CT molecular complexity index is 143. The summed E-state index contributed by atoms with van der Waals surface area (Å²) in [5.41, 5.74) is 4.66. The molecule has 0 radical (unpaired) electrons. The summed E-state index contributed by atoms with van der Waals surface area (Å²) in [5.74, 6) is 4.49. The Balaban J connectivity index is 4.09. The van der Waals surface area contributed by atoms with Crippen molar-refractivity contribution in [2.24, 2.45) is 17.5 Å². The predicted octanol–water partition coefficient (Wildman–Crippen LogP) is 0.167. The molecule has 66 valence electrons. The Labute approximate surface area is 66.8 Å². The Morgan fingerprint density at radius 3 is 2.36 bits per heavy atom. The highest BCUT2D eigenvalue weighted by molar-refractivity contribution is 5.79. The molecule has 0 saturated carbocycles. The lowest BCUT2D eigenvalue weighted by molar-refractivity contribution is -0.150. The van der Waals surface area contributed by atoms with Gasteiger partial charge in [0.05, 0.1) is 0 Å². The third-order valence-corrected chi connectivity index (χ3v) is 1.41. The van der Waals surface area contributed by atoms with E-state index < -0.39 is 11.5 Å². The molecule has 4 nitrogen and oxygen atoms in total. The van der Waals surface area contributed by atoms with Gasteiger partial charge in [-0.3, -0.25) is 0 Å². The van der Waals surface area contributed by atoms with Gasteiger partial charge in [-0.25, -0.2) is 4.79 Å². The zero-order valence-corrected chi connectivity index (χ0v) is 7.26. The Morgan fingerprint density at radius 2 is 2.09 bits per heavy atom. The van der Waals surface area contributed by atoms with Crippen LogP contribution in [0.4, 0.5) is 0 Å². The van der Waals surface area contributed by atoms with Crippen LogP contribution >= 0.6 is 0 Å². The molecule has 0 amide bonds. The van der Waals surface area contributed by atoms with Crippen LogP contribution in [0, 0.1) is 5.92 Å². The van der Waals surface area contributed by atoms with Gasteiger partial charge in [-0.1, -0.05) is 13.8 Å². The monoisotopic (exact) mass is 160 g/mol. The fourth-order valence-electron chi connectivity index (χ4n) is 1.07. The van der Waals surface area contributed by atoms with Gasteiger partial charge < -0.3 is 10.6 Å². The van der Waals surface area contributed by atoms with Crippen LogP contribution in [0.15, 0.2) is 0 Å². The fourth-order valence-corrected chi connectivity index (χ4v) is 1.07. The van der Waals surface area contributed by atoms with Gasteiger partial charge in [0.1, 0.15) is 5.54 Å². The van der Waals surface area contributed by atoms with Gasteiger partial charge in [-0.05, 0) is 19.3 Å². The highest BCUT2D eigenvalue weighted by atomic mass is 16.7. The van der Waals surface area contributed by atoms with E-state index in [1.165, 1.54) is 0 Å². The SMILES string of the molecule is CC(C)CC(C)(N)C(=O)ON. The lowest BCUT2D eigenvalue weighted by Gasteiger charge is -2.22. The first-order valence-electron chi connectivity index (χ1n) is 3.60. The average Bonchev–Trinajstić information content (AvgIpc) is 1.83. The van der Waals surface area contributed by atoms with Gasteiger partial charge in [0.2, 0.25) is 0 Å². The fraction of sp³-hybridized carbons (Fsp3) is 0.857. The summed E-state index contributed by atoms with van der Waals surface area (Å²) >= 11 is 0. The number of rotatable bonds is 3. The van der Waals surface area contributed by atoms with Crippen molar-refractivity contribution in [3.05, 3.63) is 0 Å². The summed E-state index contributed by atoms with van der Waals surface area (Å²) in [4.78, 5) is 14.9. The van der Waals surface area contributed by atoms with E-state index in [9.17, 15) is 4.79 Å². The van der Waals surface area contributed by atoms with Crippen molar-refractivity contribution < 1.29 is 9.63 Å². The minimum atomic E-state index is -0.955. The second-order valence-corrected chi connectivity index (χ2v) is 3.42. The second kappa shape index (κ2) is 3.69. The summed E-state index contributed by atoms with van der Waals surface area (Å²) in [6.07, 6.45) is 0.572. The van der Waals surface area contributed by atoms with Crippen molar-refractivity contribution >= 4 is 5.97 Å². The zero-order chi connectivity index (χ0) is 9.07. The molecular weight excluding hydrogens is 144 g/mol. The molecule has 0 fully saturated rings. The van der Waals surface area contributed by atoms with E-state index in [0.717, 1.165) is 0 Å². The molecule has 0 saturated heterocycles. The maximum absolute atomic E-state index is 10.9. The van der Waals surface area contributed by atoms with Crippen LogP contribution in [0.2, 0.25) is 0 Å². The molecular formula is C7H16N2O2. The Hall–Kier alpha value is -0.610. The van der Waals surface area contributed by atoms with Crippen molar-refractivity contribution in [2.75, 3.05) is 0 Å². The van der Waals surface area contributed by atoms with Crippen LogP contribution in [0.25, 0.3) is 0 Å². The van der Waals surface area contributed by atoms with E-state index >= 15 is 0 Å². The number of carbonyl (C=O) groups excluding carboxylic acids is 1. The maximum atomic E-state index is 10.9. The summed E-state index contributed by atoms with van der Waals surface area (Å²) in [6, 6.07) is 0. The molecule has 0 bridgehead atoms. The standard InChI is InChI=1S/C7H16N2O2/c1-5(2)4-7(3,8)6(10)11-9/h5H,4,8-9H2,1-3H3. The van der Waals surface area contributed by atoms with Gasteiger partial charge in [0.15, 0.2) is 0 Å². The Kier molecular flexibility index (Phi) is 3.48. The van der Waals surface area contributed by atoms with Crippen molar-refractivity contribution in [3.63, 3.8) is 0 Å². The summed E-state index contributed by atoms with van der Waals surface area (Å²) in [7, 11) is 0. The molecule has 1 atom stereocenters.